The first kappa shape index (κ1) is 22.1. The number of aryl methyl sites for hydroxylation is 1. The number of benzene rings is 2. The van der Waals surface area contributed by atoms with Gasteiger partial charge in [0.1, 0.15) is 16.9 Å². The van der Waals surface area contributed by atoms with Gasteiger partial charge in [0, 0.05) is 13.1 Å². The lowest BCUT2D eigenvalue weighted by Crippen LogP contribution is -2.63. The Bertz CT molecular complexity index is 1330. The van der Waals surface area contributed by atoms with E-state index in [4.69, 9.17) is 5.10 Å². The molecule has 6 nitrogen and oxygen atoms in total. The van der Waals surface area contributed by atoms with Crippen molar-refractivity contribution < 1.29 is 9.59 Å². The summed E-state index contributed by atoms with van der Waals surface area (Å²) in [5, 5.41) is 9.74. The Morgan fingerprint density at radius 1 is 1.09 bits per heavy atom. The van der Waals surface area contributed by atoms with Crippen molar-refractivity contribution in [3.8, 4) is 10.6 Å². The quantitative estimate of drug-likeness (QED) is 0.446. The third-order valence-electron chi connectivity index (χ3n) is 6.45. The summed E-state index contributed by atoms with van der Waals surface area (Å²) in [6.07, 6.45) is 0. The average Bonchev–Trinajstić information content (AvgIpc) is 3.52. The second kappa shape index (κ2) is 8.91. The molecule has 1 aliphatic heterocycles. The van der Waals surface area contributed by atoms with Crippen LogP contribution in [0.15, 0.2) is 78.2 Å². The van der Waals surface area contributed by atoms with Crippen LogP contribution in [0.5, 0.6) is 0 Å². The van der Waals surface area contributed by atoms with Crippen LogP contribution < -0.4 is 5.32 Å². The molecule has 0 radical (unpaired) electrons. The molecule has 2 amide bonds. The number of fused-ring (bicyclic) bond motifs is 1. The number of nitrogens with zero attached hydrogens (tertiary/aromatic N) is 3. The molecule has 2 aromatic carbocycles. The Labute approximate surface area is 202 Å². The molecule has 0 unspecified atom stereocenters. The number of nitrogens with one attached hydrogen (secondary N) is 1. The second-order valence-electron chi connectivity index (χ2n) is 8.81. The first-order valence-electron chi connectivity index (χ1n) is 11.3. The van der Waals surface area contributed by atoms with Gasteiger partial charge in [-0.05, 0) is 48.1 Å². The van der Waals surface area contributed by atoms with Gasteiger partial charge in [-0.2, -0.15) is 5.10 Å². The Morgan fingerprint density at radius 2 is 1.85 bits per heavy atom. The maximum absolute atomic E-state index is 13.8. The highest BCUT2D eigenvalue weighted by Gasteiger charge is 2.48. The van der Waals surface area contributed by atoms with E-state index in [1.165, 1.54) is 0 Å². The lowest BCUT2D eigenvalue weighted by atomic mass is 9.93. The Kier molecular flexibility index (Phi) is 5.79. The number of thiophene rings is 1. The van der Waals surface area contributed by atoms with Crippen molar-refractivity contribution in [2.45, 2.75) is 39.0 Å². The van der Waals surface area contributed by atoms with E-state index in [0.29, 0.717) is 18.8 Å². The molecular formula is C27H26N4O2S. The van der Waals surface area contributed by atoms with Gasteiger partial charge in [0.2, 0.25) is 5.91 Å². The molecule has 0 saturated heterocycles. The maximum Gasteiger partial charge on any atom is 0.273 e. The number of rotatable bonds is 6. The molecule has 1 aliphatic rings. The molecule has 0 spiro atoms. The van der Waals surface area contributed by atoms with Crippen LogP contribution in [0.3, 0.4) is 0 Å². The largest absolute Gasteiger partial charge is 0.350 e. The first-order valence-corrected chi connectivity index (χ1v) is 12.1. The van der Waals surface area contributed by atoms with Crippen molar-refractivity contribution in [3.63, 3.8) is 0 Å². The summed E-state index contributed by atoms with van der Waals surface area (Å²) in [5.41, 5.74) is 3.27. The minimum absolute atomic E-state index is 0.192. The van der Waals surface area contributed by atoms with Crippen LogP contribution in [0.4, 0.5) is 0 Å². The van der Waals surface area contributed by atoms with E-state index in [1.807, 2.05) is 92.0 Å². The van der Waals surface area contributed by atoms with E-state index in [9.17, 15) is 9.59 Å². The molecule has 0 saturated carbocycles. The molecule has 3 heterocycles. The highest BCUT2D eigenvalue weighted by atomic mass is 32.1. The molecule has 34 heavy (non-hydrogen) atoms. The first-order chi connectivity index (χ1) is 16.5. The molecule has 172 valence electrons. The Balaban J connectivity index is 1.51. The fourth-order valence-corrected chi connectivity index (χ4v) is 5.04. The van der Waals surface area contributed by atoms with Crippen molar-refractivity contribution in [2.75, 3.05) is 0 Å². The molecule has 1 N–H and O–H groups in total. The molecule has 7 heteroatoms. The van der Waals surface area contributed by atoms with Gasteiger partial charge in [-0.3, -0.25) is 14.3 Å². The summed E-state index contributed by atoms with van der Waals surface area (Å²) in [4.78, 5) is 30.1. The Hall–Kier alpha value is -3.71. The van der Waals surface area contributed by atoms with Crippen molar-refractivity contribution >= 4 is 23.2 Å². The van der Waals surface area contributed by atoms with Crippen LogP contribution in [0.1, 0.15) is 34.1 Å². The monoisotopic (exact) mass is 470 g/mol. The average molecular weight is 471 g/mol. The number of carbonyl (C=O) groups is 2. The Morgan fingerprint density at radius 3 is 2.59 bits per heavy atom. The predicted octanol–water partition coefficient (Wildman–Crippen LogP) is 4.65. The molecule has 1 atom stereocenters. The van der Waals surface area contributed by atoms with Crippen LogP contribution in [0, 0.1) is 6.92 Å². The topological polar surface area (TPSA) is 67.2 Å². The standard InChI is InChI=1S/C27H26N4O2S/c1-19-9-6-7-12-21(19)17-30-25(32)23-15-22(24-13-8-14-34-24)29-31(23)18-27(30,2)26(33)28-16-20-10-4-3-5-11-20/h3-15H,16-18H2,1-2H3,(H,28,33)/t27-/m0/s1. The van der Waals surface area contributed by atoms with E-state index < -0.39 is 5.54 Å². The van der Waals surface area contributed by atoms with Crippen molar-refractivity contribution in [3.05, 3.63) is 101 Å². The lowest BCUT2D eigenvalue weighted by Gasteiger charge is -2.43. The van der Waals surface area contributed by atoms with Gasteiger partial charge in [-0.25, -0.2) is 0 Å². The summed E-state index contributed by atoms with van der Waals surface area (Å²) in [6, 6.07) is 23.5. The van der Waals surface area contributed by atoms with E-state index >= 15 is 0 Å². The van der Waals surface area contributed by atoms with E-state index in [2.05, 4.69) is 5.32 Å². The van der Waals surface area contributed by atoms with Crippen LogP contribution >= 0.6 is 11.3 Å². The summed E-state index contributed by atoms with van der Waals surface area (Å²) in [6.45, 7) is 4.88. The van der Waals surface area contributed by atoms with Crippen LogP contribution in [0.25, 0.3) is 10.6 Å². The number of carbonyl (C=O) groups excluding carboxylic acids is 2. The predicted molar refractivity (Wildman–Crippen MR) is 133 cm³/mol. The van der Waals surface area contributed by atoms with Gasteiger partial charge in [0.25, 0.3) is 5.91 Å². The van der Waals surface area contributed by atoms with Crippen LogP contribution in [0.2, 0.25) is 0 Å². The number of hydrogen-bond acceptors (Lipinski definition) is 4. The number of aromatic nitrogens is 2. The summed E-state index contributed by atoms with van der Waals surface area (Å²) in [5.74, 6) is -0.390. The highest BCUT2D eigenvalue weighted by molar-refractivity contribution is 7.13. The lowest BCUT2D eigenvalue weighted by molar-refractivity contribution is -0.133. The zero-order valence-electron chi connectivity index (χ0n) is 19.2. The molecule has 0 aliphatic carbocycles. The van der Waals surface area contributed by atoms with E-state index in [0.717, 1.165) is 27.3 Å². The fraction of sp³-hybridized carbons (Fsp3) is 0.222. The smallest absolute Gasteiger partial charge is 0.273 e. The van der Waals surface area contributed by atoms with Crippen molar-refractivity contribution in [1.29, 1.82) is 0 Å². The zero-order valence-corrected chi connectivity index (χ0v) is 20.0. The van der Waals surface area contributed by atoms with E-state index in [-0.39, 0.29) is 18.4 Å². The van der Waals surface area contributed by atoms with Crippen LogP contribution in [-0.2, 0) is 24.4 Å². The molecule has 4 aromatic rings. The zero-order chi connectivity index (χ0) is 23.7. The minimum atomic E-state index is -1.10. The van der Waals surface area contributed by atoms with Gasteiger partial charge < -0.3 is 10.2 Å². The molecule has 2 aromatic heterocycles. The maximum atomic E-state index is 13.8. The van der Waals surface area contributed by atoms with Gasteiger partial charge >= 0.3 is 0 Å². The summed E-state index contributed by atoms with van der Waals surface area (Å²) in [7, 11) is 0. The van der Waals surface area contributed by atoms with Gasteiger partial charge in [0.15, 0.2) is 0 Å². The van der Waals surface area contributed by atoms with Gasteiger partial charge in [-0.15, -0.1) is 11.3 Å². The third kappa shape index (κ3) is 4.03. The number of hydrogen-bond donors (Lipinski definition) is 1. The normalized spacial score (nSPS) is 17.5. The highest BCUT2D eigenvalue weighted by Crippen LogP contribution is 2.33. The third-order valence-corrected chi connectivity index (χ3v) is 7.34. The van der Waals surface area contributed by atoms with Crippen molar-refractivity contribution in [2.24, 2.45) is 0 Å². The summed E-state index contributed by atoms with van der Waals surface area (Å²) < 4.78 is 1.69. The molecule has 0 bridgehead atoms. The molecular weight excluding hydrogens is 444 g/mol. The fourth-order valence-electron chi connectivity index (χ4n) is 4.36. The van der Waals surface area contributed by atoms with E-state index in [1.54, 1.807) is 20.9 Å². The van der Waals surface area contributed by atoms with Gasteiger partial charge in [-0.1, -0.05) is 60.7 Å². The van der Waals surface area contributed by atoms with Crippen LogP contribution in [-0.4, -0.2) is 32.0 Å². The SMILES string of the molecule is Cc1ccccc1CN1C(=O)c2cc(-c3cccs3)nn2C[C@@]1(C)C(=O)NCc1ccccc1. The second-order valence-corrected chi connectivity index (χ2v) is 9.76. The minimum Gasteiger partial charge on any atom is -0.350 e. The molecule has 5 rings (SSSR count). The summed E-state index contributed by atoms with van der Waals surface area (Å²) >= 11 is 1.58. The molecule has 0 fully saturated rings. The van der Waals surface area contributed by atoms with Gasteiger partial charge in [0.05, 0.1) is 11.4 Å². The van der Waals surface area contributed by atoms with Crippen molar-refractivity contribution in [1.82, 2.24) is 20.0 Å². The number of amides is 2.